The van der Waals surface area contributed by atoms with Crippen molar-refractivity contribution in [2.24, 2.45) is 0 Å². The predicted octanol–water partition coefficient (Wildman–Crippen LogP) is 1.45. The second-order valence-electron chi connectivity index (χ2n) is 4.53. The average Bonchev–Trinajstić information content (AvgIpc) is 2.94. The van der Waals surface area contributed by atoms with Gasteiger partial charge in [-0.1, -0.05) is 6.08 Å². The summed E-state index contributed by atoms with van der Waals surface area (Å²) in [6, 6.07) is -0.000309. The standard InChI is InChI=1S/C12H12IN5O2/c1-6(19)20-8-3-2-7(4-8)18-12-9(10(13)17-18)11(14)15-5-16-12/h2-3,5,7-8H,4H2,1H3,(H2,14,15,16)/t7-,8-/m1/s1. The smallest absolute Gasteiger partial charge is 0.303 e. The van der Waals surface area contributed by atoms with E-state index >= 15 is 0 Å². The Bertz CT molecular complexity index is 711. The topological polar surface area (TPSA) is 95.9 Å². The van der Waals surface area contributed by atoms with Crippen molar-refractivity contribution in [1.29, 1.82) is 0 Å². The van der Waals surface area contributed by atoms with Gasteiger partial charge >= 0.3 is 5.97 Å². The maximum Gasteiger partial charge on any atom is 0.303 e. The number of nitrogens with two attached hydrogens (primary N) is 1. The highest BCUT2D eigenvalue weighted by atomic mass is 127. The van der Waals surface area contributed by atoms with E-state index < -0.39 is 0 Å². The summed E-state index contributed by atoms with van der Waals surface area (Å²) in [5.41, 5.74) is 6.56. The molecule has 0 unspecified atom stereocenters. The molecule has 1 aliphatic rings. The minimum absolute atomic E-state index is 0.000309. The van der Waals surface area contributed by atoms with Crippen LogP contribution in [0, 0.1) is 3.70 Å². The van der Waals surface area contributed by atoms with Crippen LogP contribution in [0.25, 0.3) is 11.0 Å². The summed E-state index contributed by atoms with van der Waals surface area (Å²) >= 11 is 2.11. The summed E-state index contributed by atoms with van der Waals surface area (Å²) in [5.74, 6) is 0.135. The molecule has 0 aliphatic heterocycles. The number of nitrogens with zero attached hydrogens (tertiary/aromatic N) is 4. The van der Waals surface area contributed by atoms with Crippen molar-refractivity contribution < 1.29 is 9.53 Å². The van der Waals surface area contributed by atoms with Crippen molar-refractivity contribution in [3.05, 3.63) is 22.2 Å². The molecule has 20 heavy (non-hydrogen) atoms. The lowest BCUT2D eigenvalue weighted by atomic mass is 10.2. The van der Waals surface area contributed by atoms with Gasteiger partial charge in [0.2, 0.25) is 0 Å². The second-order valence-corrected chi connectivity index (χ2v) is 5.55. The van der Waals surface area contributed by atoms with Crippen LogP contribution in [0.1, 0.15) is 19.4 Å². The van der Waals surface area contributed by atoms with Crippen molar-refractivity contribution in [1.82, 2.24) is 19.7 Å². The molecule has 2 heterocycles. The first kappa shape index (κ1) is 13.3. The highest BCUT2D eigenvalue weighted by Gasteiger charge is 2.26. The number of carbonyl (C=O) groups excluding carboxylic acids is 1. The third-order valence-electron chi connectivity index (χ3n) is 3.13. The van der Waals surface area contributed by atoms with Crippen molar-refractivity contribution >= 4 is 45.4 Å². The largest absolute Gasteiger partial charge is 0.458 e. The number of nitrogen functional groups attached to an aromatic ring is 1. The van der Waals surface area contributed by atoms with Crippen LogP contribution in [0.4, 0.5) is 5.82 Å². The van der Waals surface area contributed by atoms with Crippen molar-refractivity contribution in [3.63, 3.8) is 0 Å². The van der Waals surface area contributed by atoms with Gasteiger partial charge in [0, 0.05) is 13.3 Å². The minimum atomic E-state index is -0.285. The molecular formula is C12H12IN5O2. The van der Waals surface area contributed by atoms with Crippen LogP contribution in [-0.2, 0) is 9.53 Å². The maximum absolute atomic E-state index is 11.0. The first-order valence-corrected chi connectivity index (χ1v) is 7.14. The number of aromatic nitrogens is 4. The van der Waals surface area contributed by atoms with Gasteiger partial charge in [0.1, 0.15) is 21.9 Å². The van der Waals surface area contributed by atoms with E-state index in [0.717, 1.165) is 9.09 Å². The number of rotatable bonds is 2. The molecule has 8 heteroatoms. The summed E-state index contributed by atoms with van der Waals surface area (Å²) in [6.07, 6.45) is 5.70. The molecule has 0 saturated heterocycles. The quantitative estimate of drug-likeness (QED) is 0.478. The summed E-state index contributed by atoms with van der Waals surface area (Å²) < 4.78 is 7.74. The van der Waals surface area contributed by atoms with Gasteiger partial charge < -0.3 is 10.5 Å². The van der Waals surface area contributed by atoms with Crippen molar-refractivity contribution in [2.45, 2.75) is 25.5 Å². The number of hydrogen-bond donors (Lipinski definition) is 1. The van der Waals surface area contributed by atoms with Crippen LogP contribution in [0.2, 0.25) is 0 Å². The highest BCUT2D eigenvalue weighted by molar-refractivity contribution is 14.1. The fourth-order valence-corrected chi connectivity index (χ4v) is 3.06. The molecule has 0 fully saturated rings. The van der Waals surface area contributed by atoms with Gasteiger partial charge in [-0.05, 0) is 28.7 Å². The van der Waals surface area contributed by atoms with Gasteiger partial charge in [-0.2, -0.15) is 5.10 Å². The summed E-state index contributed by atoms with van der Waals surface area (Å²) in [5, 5.41) is 5.24. The molecule has 0 saturated carbocycles. The Morgan fingerprint density at radius 3 is 3.05 bits per heavy atom. The summed E-state index contributed by atoms with van der Waals surface area (Å²) in [6.45, 7) is 1.40. The molecule has 2 N–H and O–H groups in total. The Morgan fingerprint density at radius 2 is 2.30 bits per heavy atom. The molecule has 7 nitrogen and oxygen atoms in total. The normalized spacial score (nSPS) is 21.5. The van der Waals surface area contributed by atoms with E-state index in [9.17, 15) is 4.79 Å². The van der Waals surface area contributed by atoms with E-state index in [-0.39, 0.29) is 18.1 Å². The van der Waals surface area contributed by atoms with Gasteiger partial charge in [0.05, 0.1) is 11.4 Å². The number of hydrogen-bond acceptors (Lipinski definition) is 6. The zero-order valence-corrected chi connectivity index (χ0v) is 12.8. The number of allylic oxidation sites excluding steroid dienone is 1. The van der Waals surface area contributed by atoms with Crippen LogP contribution in [0.3, 0.4) is 0 Å². The Kier molecular flexibility index (Phi) is 3.32. The van der Waals surface area contributed by atoms with Gasteiger partial charge in [-0.3, -0.25) is 4.79 Å². The molecular weight excluding hydrogens is 373 g/mol. The predicted molar refractivity (Wildman–Crippen MR) is 80.8 cm³/mol. The first-order chi connectivity index (χ1) is 9.56. The fraction of sp³-hybridized carbons (Fsp3) is 0.333. The van der Waals surface area contributed by atoms with E-state index in [4.69, 9.17) is 10.5 Å². The maximum atomic E-state index is 11.0. The SMILES string of the molecule is CC(=O)O[C@@H]1C=C[C@@H](n2nc(I)c3c(N)ncnc32)C1. The van der Waals surface area contributed by atoms with Gasteiger partial charge in [-0.15, -0.1) is 0 Å². The molecule has 2 atom stereocenters. The molecule has 2 aromatic rings. The number of ether oxygens (including phenoxy) is 1. The van der Waals surface area contributed by atoms with Gasteiger partial charge in [-0.25, -0.2) is 14.6 Å². The van der Waals surface area contributed by atoms with E-state index in [1.54, 1.807) is 4.68 Å². The summed E-state index contributed by atoms with van der Waals surface area (Å²) in [4.78, 5) is 19.2. The lowest BCUT2D eigenvalue weighted by Crippen LogP contribution is -2.15. The minimum Gasteiger partial charge on any atom is -0.458 e. The molecule has 0 aromatic carbocycles. The molecule has 0 radical (unpaired) electrons. The van der Waals surface area contributed by atoms with Gasteiger partial charge in [0.15, 0.2) is 5.65 Å². The first-order valence-electron chi connectivity index (χ1n) is 6.06. The molecule has 0 bridgehead atoms. The van der Waals surface area contributed by atoms with Crippen LogP contribution in [-0.4, -0.2) is 31.8 Å². The summed E-state index contributed by atoms with van der Waals surface area (Å²) in [7, 11) is 0. The van der Waals surface area contributed by atoms with Crippen LogP contribution >= 0.6 is 22.6 Å². The zero-order chi connectivity index (χ0) is 14.3. The number of esters is 1. The van der Waals surface area contributed by atoms with E-state index in [2.05, 4.69) is 37.7 Å². The highest BCUT2D eigenvalue weighted by Crippen LogP contribution is 2.30. The van der Waals surface area contributed by atoms with E-state index in [1.807, 2.05) is 12.2 Å². The third kappa shape index (κ3) is 2.23. The third-order valence-corrected chi connectivity index (χ3v) is 3.88. The Morgan fingerprint density at radius 1 is 1.50 bits per heavy atom. The molecule has 104 valence electrons. The number of carbonyl (C=O) groups is 1. The van der Waals surface area contributed by atoms with Gasteiger partial charge in [0.25, 0.3) is 0 Å². The monoisotopic (exact) mass is 385 g/mol. The van der Waals surface area contributed by atoms with E-state index in [1.165, 1.54) is 13.3 Å². The van der Waals surface area contributed by atoms with Crippen molar-refractivity contribution in [2.75, 3.05) is 5.73 Å². The van der Waals surface area contributed by atoms with Crippen LogP contribution < -0.4 is 5.73 Å². The van der Waals surface area contributed by atoms with E-state index in [0.29, 0.717) is 17.9 Å². The molecule has 0 spiro atoms. The Balaban J connectivity index is 1.95. The van der Waals surface area contributed by atoms with Crippen molar-refractivity contribution in [3.8, 4) is 0 Å². The zero-order valence-electron chi connectivity index (χ0n) is 10.7. The van der Waals surface area contributed by atoms with Crippen LogP contribution in [0.15, 0.2) is 18.5 Å². The Hall–Kier alpha value is -1.71. The number of halogens is 1. The average molecular weight is 385 g/mol. The lowest BCUT2D eigenvalue weighted by molar-refractivity contribution is -0.144. The molecule has 1 aliphatic carbocycles. The fourth-order valence-electron chi connectivity index (χ4n) is 2.31. The number of anilines is 1. The Labute approximate surface area is 128 Å². The molecule has 2 aromatic heterocycles. The van der Waals surface area contributed by atoms with Crippen LogP contribution in [0.5, 0.6) is 0 Å². The molecule has 0 amide bonds. The second kappa shape index (κ2) is 5.00. The molecule has 3 rings (SSSR count). The lowest BCUT2D eigenvalue weighted by Gasteiger charge is -2.13. The number of fused-ring (bicyclic) bond motifs is 1.